The highest BCUT2D eigenvalue weighted by Crippen LogP contribution is 2.30. The molecule has 1 saturated heterocycles. The topological polar surface area (TPSA) is 92.8 Å². The van der Waals surface area contributed by atoms with Crippen molar-refractivity contribution in [3.05, 3.63) is 65.7 Å². The molecule has 1 fully saturated rings. The first-order valence-corrected chi connectivity index (χ1v) is 12.4. The Morgan fingerprint density at radius 3 is 2.25 bits per heavy atom. The van der Waals surface area contributed by atoms with E-state index in [0.29, 0.717) is 18.7 Å². The summed E-state index contributed by atoms with van der Waals surface area (Å²) in [7, 11) is -3.79. The van der Waals surface area contributed by atoms with Crippen LogP contribution < -0.4 is 9.62 Å². The van der Waals surface area contributed by atoms with Gasteiger partial charge < -0.3 is 4.74 Å². The molecule has 2 atom stereocenters. The second-order valence-corrected chi connectivity index (χ2v) is 11.0. The molecule has 0 aromatic heterocycles. The van der Waals surface area contributed by atoms with Gasteiger partial charge in [-0.2, -0.15) is 0 Å². The minimum absolute atomic E-state index is 0.0109. The minimum atomic E-state index is -3.79. The van der Waals surface area contributed by atoms with Crippen LogP contribution in [-0.2, 0) is 30.8 Å². The molecular weight excluding hydrogens is 428 g/mol. The lowest BCUT2D eigenvalue weighted by Crippen LogP contribution is -2.37. The Morgan fingerprint density at radius 1 is 1.06 bits per heavy atom. The molecule has 0 aliphatic carbocycles. The average Bonchev–Trinajstić information content (AvgIpc) is 3.16. The maximum Gasteiger partial charge on any atom is 0.312 e. The molecule has 2 unspecified atom stereocenters. The number of carbonyl (C=O) groups excluding carboxylic acids is 2. The van der Waals surface area contributed by atoms with E-state index in [2.05, 4.69) is 5.32 Å². The number of hydrogen-bond acceptors (Lipinski definition) is 6. The van der Waals surface area contributed by atoms with Crippen molar-refractivity contribution in [2.45, 2.75) is 45.8 Å². The van der Waals surface area contributed by atoms with Gasteiger partial charge in [-0.3, -0.25) is 14.9 Å². The molecule has 1 aliphatic rings. The third-order valence-electron chi connectivity index (χ3n) is 5.31. The van der Waals surface area contributed by atoms with Gasteiger partial charge in [0.05, 0.1) is 23.8 Å². The summed E-state index contributed by atoms with van der Waals surface area (Å²) in [6, 6.07) is 16.0. The summed E-state index contributed by atoms with van der Waals surface area (Å²) in [5.74, 6) is -0.650. The number of amides is 1. The number of nitrogens with zero attached hydrogens (tertiary/aromatic N) is 1. The molecular formula is C24H30N2O5S. The Bertz CT molecular complexity index is 1060. The summed E-state index contributed by atoms with van der Waals surface area (Å²) in [5.41, 5.74) is 1.47. The van der Waals surface area contributed by atoms with Crippen molar-refractivity contribution in [3.63, 3.8) is 0 Å². The van der Waals surface area contributed by atoms with Crippen LogP contribution in [0.1, 0.15) is 44.2 Å². The summed E-state index contributed by atoms with van der Waals surface area (Å²) in [5, 5.41) is 3.21. The second kappa shape index (κ2) is 9.42. The van der Waals surface area contributed by atoms with Crippen molar-refractivity contribution in [1.29, 1.82) is 0 Å². The molecule has 7 nitrogen and oxygen atoms in total. The normalized spacial score (nSPS) is 18.9. The molecule has 3 rings (SSSR count). The van der Waals surface area contributed by atoms with Gasteiger partial charge in [0.15, 0.2) is 6.23 Å². The van der Waals surface area contributed by atoms with Gasteiger partial charge in [-0.15, -0.1) is 0 Å². The van der Waals surface area contributed by atoms with E-state index in [-0.39, 0.29) is 24.5 Å². The van der Waals surface area contributed by atoms with Crippen LogP contribution in [0.4, 0.5) is 5.69 Å². The maximum atomic E-state index is 12.8. The van der Waals surface area contributed by atoms with Crippen LogP contribution >= 0.6 is 0 Å². The number of ether oxygens (including phenoxy) is 1. The van der Waals surface area contributed by atoms with E-state index in [1.54, 1.807) is 24.3 Å². The van der Waals surface area contributed by atoms with Crippen LogP contribution in [0.5, 0.6) is 0 Å². The Kier molecular flexibility index (Phi) is 7.05. The van der Waals surface area contributed by atoms with E-state index < -0.39 is 21.3 Å². The van der Waals surface area contributed by atoms with Crippen molar-refractivity contribution >= 4 is 27.6 Å². The monoisotopic (exact) mass is 458 g/mol. The van der Waals surface area contributed by atoms with Crippen LogP contribution in [0.3, 0.4) is 0 Å². The largest absolute Gasteiger partial charge is 0.446 e. The highest BCUT2D eigenvalue weighted by atomic mass is 32.2. The van der Waals surface area contributed by atoms with E-state index >= 15 is 0 Å². The van der Waals surface area contributed by atoms with Crippen LogP contribution in [-0.4, -0.2) is 39.3 Å². The van der Waals surface area contributed by atoms with E-state index in [1.807, 2.05) is 51.1 Å². The Morgan fingerprint density at radius 2 is 1.69 bits per heavy atom. The second-order valence-electron chi connectivity index (χ2n) is 9.16. The first-order valence-electron chi connectivity index (χ1n) is 10.6. The van der Waals surface area contributed by atoms with E-state index in [0.717, 1.165) is 21.7 Å². The summed E-state index contributed by atoms with van der Waals surface area (Å²) < 4.78 is 31.1. The SMILES string of the molecule is CC(C)(C)C(=O)OC1CC(c2ccc(N(C(=O)Cc3ccccc3)S(C)(=O)=O)cc2)CN1. The predicted molar refractivity (Wildman–Crippen MR) is 124 cm³/mol. The number of esters is 1. The van der Waals surface area contributed by atoms with Crippen molar-refractivity contribution < 1.29 is 22.7 Å². The molecule has 1 heterocycles. The highest BCUT2D eigenvalue weighted by Gasteiger charge is 2.32. The molecule has 0 radical (unpaired) electrons. The van der Waals surface area contributed by atoms with Gasteiger partial charge in [0.25, 0.3) is 0 Å². The average molecular weight is 459 g/mol. The number of sulfonamides is 1. The van der Waals surface area contributed by atoms with E-state index in [1.165, 1.54) is 0 Å². The van der Waals surface area contributed by atoms with Crippen molar-refractivity contribution in [2.24, 2.45) is 5.41 Å². The molecule has 32 heavy (non-hydrogen) atoms. The molecule has 2 aromatic carbocycles. The van der Waals surface area contributed by atoms with Gasteiger partial charge in [-0.05, 0) is 44.0 Å². The van der Waals surface area contributed by atoms with E-state index in [4.69, 9.17) is 4.74 Å². The zero-order valence-corrected chi connectivity index (χ0v) is 19.7. The van der Waals surface area contributed by atoms with Crippen molar-refractivity contribution in [2.75, 3.05) is 17.1 Å². The summed E-state index contributed by atoms with van der Waals surface area (Å²) >= 11 is 0. The Balaban J connectivity index is 1.71. The zero-order chi connectivity index (χ0) is 23.5. The molecule has 1 aliphatic heterocycles. The third-order valence-corrected chi connectivity index (χ3v) is 6.39. The standard InChI is InChI=1S/C24H30N2O5S/c1-24(2,3)23(28)31-21-15-19(16-25-21)18-10-12-20(13-11-18)26(32(4,29)30)22(27)14-17-8-6-5-7-9-17/h5-13,19,21,25H,14-16H2,1-4H3. The molecule has 2 aromatic rings. The van der Waals surface area contributed by atoms with Gasteiger partial charge in [0, 0.05) is 18.9 Å². The molecule has 0 spiro atoms. The molecule has 0 bridgehead atoms. The minimum Gasteiger partial charge on any atom is -0.446 e. The van der Waals surface area contributed by atoms with Crippen LogP contribution in [0.15, 0.2) is 54.6 Å². The number of hydrogen-bond donors (Lipinski definition) is 1. The first kappa shape index (κ1) is 23.9. The first-order chi connectivity index (χ1) is 14.9. The summed E-state index contributed by atoms with van der Waals surface area (Å²) in [6.45, 7) is 6.08. The summed E-state index contributed by atoms with van der Waals surface area (Å²) in [6.07, 6.45) is 1.29. The molecule has 8 heteroatoms. The van der Waals surface area contributed by atoms with Crippen molar-refractivity contribution in [3.8, 4) is 0 Å². The number of nitrogens with one attached hydrogen (secondary N) is 1. The number of anilines is 1. The van der Waals surface area contributed by atoms with Crippen molar-refractivity contribution in [1.82, 2.24) is 5.32 Å². The van der Waals surface area contributed by atoms with Crippen LogP contribution in [0.25, 0.3) is 0 Å². The molecule has 1 N–H and O–H groups in total. The lowest BCUT2D eigenvalue weighted by atomic mass is 9.96. The zero-order valence-electron chi connectivity index (χ0n) is 18.9. The quantitative estimate of drug-likeness (QED) is 0.668. The van der Waals surface area contributed by atoms with Gasteiger partial charge in [-0.1, -0.05) is 42.5 Å². The Hall–Kier alpha value is -2.71. The smallest absolute Gasteiger partial charge is 0.312 e. The number of benzene rings is 2. The van der Waals surface area contributed by atoms with Crippen LogP contribution in [0.2, 0.25) is 0 Å². The van der Waals surface area contributed by atoms with E-state index in [9.17, 15) is 18.0 Å². The van der Waals surface area contributed by atoms with Gasteiger partial charge >= 0.3 is 5.97 Å². The fourth-order valence-electron chi connectivity index (χ4n) is 3.59. The molecule has 1 amide bonds. The summed E-state index contributed by atoms with van der Waals surface area (Å²) in [4.78, 5) is 24.9. The predicted octanol–water partition coefficient (Wildman–Crippen LogP) is 3.21. The third kappa shape index (κ3) is 5.95. The van der Waals surface area contributed by atoms with Gasteiger partial charge in [0.1, 0.15) is 0 Å². The Labute approximate surface area is 189 Å². The fourth-order valence-corrected chi connectivity index (χ4v) is 4.53. The molecule has 172 valence electrons. The molecule has 0 saturated carbocycles. The highest BCUT2D eigenvalue weighted by molar-refractivity contribution is 7.92. The number of rotatable bonds is 6. The fraction of sp³-hybridized carbons (Fsp3) is 0.417. The lowest BCUT2D eigenvalue weighted by Gasteiger charge is -2.21. The van der Waals surface area contributed by atoms with Crippen LogP contribution in [0, 0.1) is 5.41 Å². The maximum absolute atomic E-state index is 12.8. The van der Waals surface area contributed by atoms with Gasteiger partial charge in [0.2, 0.25) is 15.9 Å². The lowest BCUT2D eigenvalue weighted by molar-refractivity contribution is -0.159. The number of carbonyl (C=O) groups is 2. The van der Waals surface area contributed by atoms with Gasteiger partial charge in [-0.25, -0.2) is 12.7 Å².